The van der Waals surface area contributed by atoms with Crippen molar-refractivity contribution in [2.75, 3.05) is 25.1 Å². The maximum absolute atomic E-state index is 13.2. The summed E-state index contributed by atoms with van der Waals surface area (Å²) < 4.78 is 17.7. The molecule has 1 saturated heterocycles. The van der Waals surface area contributed by atoms with Gasteiger partial charge in [0.1, 0.15) is 11.5 Å². The predicted molar refractivity (Wildman–Crippen MR) is 76.0 cm³/mol. The third kappa shape index (κ3) is 3.33. The molecule has 1 fully saturated rings. The van der Waals surface area contributed by atoms with Crippen molar-refractivity contribution in [3.8, 4) is 0 Å². The zero-order chi connectivity index (χ0) is 16.3. The molecule has 1 aromatic rings. The SMILES string of the molecule is COC(=O)C(O)C1CCN(c2ccc(F)cc2[N+](=O)[O-])CC1. The third-order valence-corrected chi connectivity index (χ3v) is 3.90. The normalized spacial score (nSPS) is 17.1. The van der Waals surface area contributed by atoms with Crippen molar-refractivity contribution in [3.05, 3.63) is 34.1 Å². The largest absolute Gasteiger partial charge is 0.467 e. The first-order valence-corrected chi connectivity index (χ1v) is 6.89. The van der Waals surface area contributed by atoms with Gasteiger partial charge in [-0.25, -0.2) is 9.18 Å². The number of methoxy groups -OCH3 is 1. The lowest BCUT2D eigenvalue weighted by atomic mass is 9.91. The van der Waals surface area contributed by atoms with Gasteiger partial charge in [-0.05, 0) is 30.9 Å². The molecule has 2 rings (SSSR count). The number of aliphatic hydroxyl groups excluding tert-OH is 1. The van der Waals surface area contributed by atoms with Crippen LogP contribution in [0, 0.1) is 21.8 Å². The average molecular weight is 312 g/mol. The number of aliphatic hydroxyl groups is 1. The third-order valence-electron chi connectivity index (χ3n) is 3.90. The molecule has 0 aliphatic carbocycles. The van der Waals surface area contributed by atoms with Crippen molar-refractivity contribution < 1.29 is 24.0 Å². The van der Waals surface area contributed by atoms with E-state index in [4.69, 9.17) is 0 Å². The summed E-state index contributed by atoms with van der Waals surface area (Å²) in [6.45, 7) is 0.871. The van der Waals surface area contributed by atoms with Gasteiger partial charge in [0.2, 0.25) is 0 Å². The number of carbonyl (C=O) groups excluding carboxylic acids is 1. The molecule has 1 atom stereocenters. The molecule has 1 aliphatic heterocycles. The van der Waals surface area contributed by atoms with Gasteiger partial charge in [-0.15, -0.1) is 0 Å². The molecule has 1 unspecified atom stereocenters. The Balaban J connectivity index is 2.09. The van der Waals surface area contributed by atoms with Gasteiger partial charge in [0.15, 0.2) is 6.10 Å². The minimum Gasteiger partial charge on any atom is -0.467 e. The smallest absolute Gasteiger partial charge is 0.334 e. The van der Waals surface area contributed by atoms with Crippen LogP contribution in [0.3, 0.4) is 0 Å². The topological polar surface area (TPSA) is 92.9 Å². The van der Waals surface area contributed by atoms with Crippen molar-refractivity contribution in [3.63, 3.8) is 0 Å². The quantitative estimate of drug-likeness (QED) is 0.514. The van der Waals surface area contributed by atoms with Crippen molar-refractivity contribution in [1.82, 2.24) is 0 Å². The van der Waals surface area contributed by atoms with E-state index < -0.39 is 22.8 Å². The Morgan fingerprint density at radius 3 is 2.68 bits per heavy atom. The number of hydrogen-bond donors (Lipinski definition) is 1. The number of rotatable bonds is 4. The Labute approximate surface area is 126 Å². The Bertz CT molecular complexity index is 572. The number of nitrogens with zero attached hydrogens (tertiary/aromatic N) is 2. The molecule has 0 aromatic heterocycles. The van der Waals surface area contributed by atoms with Gasteiger partial charge >= 0.3 is 5.97 Å². The molecule has 1 heterocycles. The number of carbonyl (C=O) groups is 1. The number of nitro benzene ring substituents is 1. The molecule has 7 nitrogen and oxygen atoms in total. The van der Waals surface area contributed by atoms with Crippen LogP contribution >= 0.6 is 0 Å². The van der Waals surface area contributed by atoms with E-state index in [1.54, 1.807) is 4.90 Å². The van der Waals surface area contributed by atoms with Crippen molar-refractivity contribution in [2.24, 2.45) is 5.92 Å². The van der Waals surface area contributed by atoms with Gasteiger partial charge in [-0.1, -0.05) is 0 Å². The highest BCUT2D eigenvalue weighted by molar-refractivity contribution is 5.74. The lowest BCUT2D eigenvalue weighted by molar-refractivity contribution is -0.384. The molecular weight excluding hydrogens is 295 g/mol. The molecule has 0 bridgehead atoms. The van der Waals surface area contributed by atoms with Crippen LogP contribution in [0.15, 0.2) is 18.2 Å². The highest BCUT2D eigenvalue weighted by atomic mass is 19.1. The number of esters is 1. The fraction of sp³-hybridized carbons (Fsp3) is 0.500. The van der Waals surface area contributed by atoms with Gasteiger partial charge in [-0.2, -0.15) is 0 Å². The van der Waals surface area contributed by atoms with E-state index in [-0.39, 0.29) is 11.6 Å². The molecular formula is C14H17FN2O5. The summed E-state index contributed by atoms with van der Waals surface area (Å²) in [6, 6.07) is 3.45. The van der Waals surface area contributed by atoms with Gasteiger partial charge in [0.25, 0.3) is 5.69 Å². The van der Waals surface area contributed by atoms with Crippen molar-refractivity contribution in [2.45, 2.75) is 18.9 Å². The maximum Gasteiger partial charge on any atom is 0.334 e. The maximum atomic E-state index is 13.2. The standard InChI is InChI=1S/C14H17FN2O5/c1-22-14(19)13(18)9-4-6-16(7-5-9)11-3-2-10(15)8-12(11)17(20)21/h2-3,8-9,13,18H,4-7H2,1H3. The van der Waals surface area contributed by atoms with E-state index in [0.29, 0.717) is 31.6 Å². The van der Waals surface area contributed by atoms with E-state index in [9.17, 15) is 24.4 Å². The number of piperidine rings is 1. The first-order chi connectivity index (χ1) is 10.4. The first-order valence-electron chi connectivity index (χ1n) is 6.89. The Hall–Kier alpha value is -2.22. The first kappa shape index (κ1) is 16.2. The lowest BCUT2D eigenvalue weighted by Crippen LogP contribution is -2.41. The molecule has 1 aromatic carbocycles. The molecule has 0 amide bonds. The number of hydrogen-bond acceptors (Lipinski definition) is 6. The van der Waals surface area contributed by atoms with E-state index >= 15 is 0 Å². The van der Waals surface area contributed by atoms with Crippen LogP contribution in [0.25, 0.3) is 0 Å². The summed E-state index contributed by atoms with van der Waals surface area (Å²) in [7, 11) is 1.21. The summed E-state index contributed by atoms with van der Waals surface area (Å²) in [4.78, 5) is 23.5. The second-order valence-electron chi connectivity index (χ2n) is 5.18. The van der Waals surface area contributed by atoms with E-state index in [0.717, 1.165) is 6.07 Å². The molecule has 120 valence electrons. The second-order valence-corrected chi connectivity index (χ2v) is 5.18. The van der Waals surface area contributed by atoms with Crippen molar-refractivity contribution in [1.29, 1.82) is 0 Å². The second kappa shape index (κ2) is 6.69. The van der Waals surface area contributed by atoms with Gasteiger partial charge in [0, 0.05) is 13.1 Å². The van der Waals surface area contributed by atoms with E-state index in [2.05, 4.69) is 4.74 Å². The Morgan fingerprint density at radius 2 is 2.14 bits per heavy atom. The van der Waals surface area contributed by atoms with E-state index in [1.807, 2.05) is 0 Å². The van der Waals surface area contributed by atoms with Crippen LogP contribution in [0.1, 0.15) is 12.8 Å². The zero-order valence-electron chi connectivity index (χ0n) is 12.1. The van der Waals surface area contributed by atoms with Crippen molar-refractivity contribution >= 4 is 17.3 Å². The number of benzene rings is 1. The molecule has 1 N–H and O–H groups in total. The molecule has 0 saturated carbocycles. The summed E-state index contributed by atoms with van der Waals surface area (Å²) in [6.07, 6.45) is -0.203. The van der Waals surface area contributed by atoms with Crippen LogP contribution in [-0.2, 0) is 9.53 Å². The predicted octanol–water partition coefficient (Wildman–Crippen LogP) is 1.48. The Kier molecular flexibility index (Phi) is 4.92. The number of halogens is 1. The van der Waals surface area contributed by atoms with Crippen LogP contribution in [0.4, 0.5) is 15.8 Å². The number of anilines is 1. The highest BCUT2D eigenvalue weighted by Gasteiger charge is 2.32. The van der Waals surface area contributed by atoms with Crippen LogP contribution in [-0.4, -0.2) is 42.3 Å². The summed E-state index contributed by atoms with van der Waals surface area (Å²) in [5.41, 5.74) is 0.0596. The zero-order valence-corrected chi connectivity index (χ0v) is 12.1. The summed E-state index contributed by atoms with van der Waals surface area (Å²) >= 11 is 0. The fourth-order valence-electron chi connectivity index (χ4n) is 2.68. The summed E-state index contributed by atoms with van der Waals surface area (Å²) in [5, 5.41) is 20.9. The van der Waals surface area contributed by atoms with Gasteiger partial charge < -0.3 is 14.7 Å². The molecule has 22 heavy (non-hydrogen) atoms. The molecule has 8 heteroatoms. The van der Waals surface area contributed by atoms with Crippen LogP contribution < -0.4 is 4.90 Å². The number of nitro groups is 1. The van der Waals surface area contributed by atoms with Gasteiger partial charge in [-0.3, -0.25) is 10.1 Å². The minimum absolute atomic E-state index is 0.247. The highest BCUT2D eigenvalue weighted by Crippen LogP contribution is 2.32. The summed E-state index contributed by atoms with van der Waals surface area (Å²) in [5.74, 6) is -1.58. The van der Waals surface area contributed by atoms with Crippen LogP contribution in [0.5, 0.6) is 0 Å². The average Bonchev–Trinajstić information content (AvgIpc) is 2.53. The lowest BCUT2D eigenvalue weighted by Gasteiger charge is -2.34. The molecule has 1 aliphatic rings. The number of ether oxygens (including phenoxy) is 1. The fourth-order valence-corrected chi connectivity index (χ4v) is 2.68. The molecule has 0 radical (unpaired) electrons. The van der Waals surface area contributed by atoms with Crippen LogP contribution in [0.2, 0.25) is 0 Å². The Morgan fingerprint density at radius 1 is 1.50 bits per heavy atom. The van der Waals surface area contributed by atoms with E-state index in [1.165, 1.54) is 19.2 Å². The molecule has 0 spiro atoms. The van der Waals surface area contributed by atoms with Gasteiger partial charge in [0.05, 0.1) is 18.1 Å². The monoisotopic (exact) mass is 312 g/mol. The minimum atomic E-state index is -1.18.